The van der Waals surface area contributed by atoms with E-state index in [1.165, 1.54) is 16.2 Å². The molecule has 2 rings (SSSR count). The number of esters is 1. The van der Waals surface area contributed by atoms with E-state index in [2.05, 4.69) is 5.32 Å². The van der Waals surface area contributed by atoms with Crippen LogP contribution >= 0.6 is 11.3 Å². The van der Waals surface area contributed by atoms with Crippen LogP contribution in [-0.4, -0.2) is 24.0 Å². The van der Waals surface area contributed by atoms with Crippen molar-refractivity contribution in [1.82, 2.24) is 0 Å². The van der Waals surface area contributed by atoms with Crippen LogP contribution in [0.5, 0.6) is 0 Å². The maximum absolute atomic E-state index is 12.2. The lowest BCUT2D eigenvalue weighted by Gasteiger charge is -2.21. The Bertz CT molecular complexity index is 564. The number of ether oxygens (including phenoxy) is 1. The van der Waals surface area contributed by atoms with E-state index < -0.39 is 5.54 Å². The molecule has 1 amide bonds. The van der Waals surface area contributed by atoms with Crippen molar-refractivity contribution in [3.63, 3.8) is 0 Å². The highest BCUT2D eigenvalue weighted by molar-refractivity contribution is 7.17. The van der Waals surface area contributed by atoms with Crippen molar-refractivity contribution in [2.45, 2.75) is 52.0 Å². The van der Waals surface area contributed by atoms with E-state index in [4.69, 9.17) is 10.5 Å². The molecule has 3 N–H and O–H groups in total. The molecule has 1 aromatic rings. The van der Waals surface area contributed by atoms with Crippen LogP contribution in [-0.2, 0) is 22.4 Å². The van der Waals surface area contributed by atoms with Crippen LogP contribution in [0.1, 0.15) is 54.4 Å². The number of rotatable bonds is 5. The highest BCUT2D eigenvalue weighted by Gasteiger charge is 2.32. The van der Waals surface area contributed by atoms with E-state index in [-0.39, 0.29) is 11.9 Å². The predicted octanol–water partition coefficient (Wildman–Crippen LogP) is 2.48. The zero-order valence-corrected chi connectivity index (χ0v) is 13.6. The van der Waals surface area contributed by atoms with Crippen LogP contribution < -0.4 is 11.1 Å². The summed E-state index contributed by atoms with van der Waals surface area (Å²) < 4.78 is 5.13. The molecule has 21 heavy (non-hydrogen) atoms. The third-order valence-corrected chi connectivity index (χ3v) is 5.09. The molecule has 6 heteroatoms. The van der Waals surface area contributed by atoms with Gasteiger partial charge in [0.05, 0.1) is 17.7 Å². The monoisotopic (exact) mass is 310 g/mol. The number of nitrogens with two attached hydrogens (primary N) is 1. The molecule has 0 bridgehead atoms. The molecule has 0 spiro atoms. The molecule has 1 aliphatic carbocycles. The number of hydrogen-bond donors (Lipinski definition) is 2. The van der Waals surface area contributed by atoms with Crippen molar-refractivity contribution in [2.75, 3.05) is 11.9 Å². The van der Waals surface area contributed by atoms with Gasteiger partial charge in [-0.05, 0) is 45.1 Å². The number of aryl methyl sites for hydroxylation is 1. The number of anilines is 1. The number of amides is 1. The van der Waals surface area contributed by atoms with Gasteiger partial charge in [0, 0.05) is 4.88 Å². The molecule has 116 valence electrons. The molecule has 1 aliphatic rings. The van der Waals surface area contributed by atoms with Gasteiger partial charge in [0.25, 0.3) is 0 Å². The van der Waals surface area contributed by atoms with Crippen LogP contribution in [0.2, 0.25) is 0 Å². The Balaban J connectivity index is 2.32. The van der Waals surface area contributed by atoms with Gasteiger partial charge in [-0.15, -0.1) is 11.3 Å². The SMILES string of the molecule is CCOC(=O)c1c(NC(=O)C(C)(N)CC)sc2c1CCC2. The first-order valence-corrected chi connectivity index (χ1v) is 8.14. The fraction of sp³-hybridized carbons (Fsp3) is 0.600. The lowest BCUT2D eigenvalue weighted by Crippen LogP contribution is -2.47. The minimum absolute atomic E-state index is 0.268. The van der Waals surface area contributed by atoms with Crippen LogP contribution in [0.15, 0.2) is 0 Å². The minimum Gasteiger partial charge on any atom is -0.462 e. The maximum atomic E-state index is 12.2. The summed E-state index contributed by atoms with van der Waals surface area (Å²) in [5.74, 6) is -0.627. The Morgan fingerprint density at radius 3 is 2.71 bits per heavy atom. The molecule has 1 unspecified atom stereocenters. The van der Waals surface area contributed by atoms with Gasteiger partial charge in [0.1, 0.15) is 5.00 Å². The first-order valence-electron chi connectivity index (χ1n) is 7.32. The predicted molar refractivity (Wildman–Crippen MR) is 83.8 cm³/mol. The fourth-order valence-electron chi connectivity index (χ4n) is 2.32. The minimum atomic E-state index is -0.944. The molecule has 1 aromatic heterocycles. The quantitative estimate of drug-likeness (QED) is 0.819. The summed E-state index contributed by atoms with van der Waals surface area (Å²) in [6.45, 7) is 5.64. The summed E-state index contributed by atoms with van der Waals surface area (Å²) in [6.07, 6.45) is 3.39. The number of hydrogen-bond acceptors (Lipinski definition) is 5. The van der Waals surface area contributed by atoms with Crippen molar-refractivity contribution < 1.29 is 14.3 Å². The van der Waals surface area contributed by atoms with Crippen LogP contribution in [0.3, 0.4) is 0 Å². The van der Waals surface area contributed by atoms with Crippen LogP contribution in [0, 0.1) is 0 Å². The first kappa shape index (κ1) is 16.0. The summed E-state index contributed by atoms with van der Waals surface area (Å²) in [4.78, 5) is 25.6. The molecule has 0 saturated carbocycles. The average molecular weight is 310 g/mol. The number of fused-ring (bicyclic) bond motifs is 1. The summed E-state index contributed by atoms with van der Waals surface area (Å²) in [7, 11) is 0. The topological polar surface area (TPSA) is 81.4 Å². The Morgan fingerprint density at radius 1 is 1.38 bits per heavy atom. The van der Waals surface area contributed by atoms with Crippen molar-refractivity contribution in [1.29, 1.82) is 0 Å². The molecule has 5 nitrogen and oxygen atoms in total. The second kappa shape index (κ2) is 6.15. The lowest BCUT2D eigenvalue weighted by atomic mass is 9.99. The summed E-state index contributed by atoms with van der Waals surface area (Å²) in [5, 5.41) is 3.40. The average Bonchev–Trinajstić information content (AvgIpc) is 2.98. The van der Waals surface area contributed by atoms with E-state index in [1.54, 1.807) is 13.8 Å². The molecule has 0 saturated heterocycles. The van der Waals surface area contributed by atoms with Crippen molar-refractivity contribution in [2.24, 2.45) is 5.73 Å². The van der Waals surface area contributed by atoms with E-state index >= 15 is 0 Å². The highest BCUT2D eigenvalue weighted by atomic mass is 32.1. The largest absolute Gasteiger partial charge is 0.462 e. The van der Waals surface area contributed by atoms with Gasteiger partial charge in [0.2, 0.25) is 5.91 Å². The molecule has 1 heterocycles. The number of thiophene rings is 1. The molecule has 1 atom stereocenters. The summed E-state index contributed by atoms with van der Waals surface area (Å²) in [6, 6.07) is 0. The van der Waals surface area contributed by atoms with Crippen molar-refractivity contribution >= 4 is 28.2 Å². The third-order valence-electron chi connectivity index (χ3n) is 3.88. The number of carbonyl (C=O) groups excluding carboxylic acids is 2. The Hall–Kier alpha value is -1.40. The normalized spacial score (nSPS) is 16.2. The highest BCUT2D eigenvalue weighted by Crippen LogP contribution is 2.39. The van der Waals surface area contributed by atoms with Gasteiger partial charge in [0.15, 0.2) is 0 Å². The van der Waals surface area contributed by atoms with Gasteiger partial charge in [-0.2, -0.15) is 0 Å². The zero-order chi connectivity index (χ0) is 15.6. The number of nitrogens with one attached hydrogen (secondary N) is 1. The molecule has 0 radical (unpaired) electrons. The van der Waals surface area contributed by atoms with Crippen molar-refractivity contribution in [3.05, 3.63) is 16.0 Å². The van der Waals surface area contributed by atoms with Gasteiger partial charge in [-0.25, -0.2) is 4.79 Å². The van der Waals surface area contributed by atoms with E-state index in [1.807, 2.05) is 6.92 Å². The Morgan fingerprint density at radius 2 is 2.10 bits per heavy atom. The molecule has 0 fully saturated rings. The van der Waals surface area contributed by atoms with E-state index in [0.29, 0.717) is 23.6 Å². The summed E-state index contributed by atoms with van der Waals surface area (Å²) in [5.41, 5.74) is 6.57. The summed E-state index contributed by atoms with van der Waals surface area (Å²) >= 11 is 1.47. The zero-order valence-electron chi connectivity index (χ0n) is 12.7. The Kier molecular flexibility index (Phi) is 4.68. The molecule has 0 aromatic carbocycles. The van der Waals surface area contributed by atoms with Crippen LogP contribution in [0.25, 0.3) is 0 Å². The Labute approximate surface area is 128 Å². The second-order valence-corrected chi connectivity index (χ2v) is 6.61. The van der Waals surface area contributed by atoms with Gasteiger partial charge in [-0.1, -0.05) is 6.92 Å². The smallest absolute Gasteiger partial charge is 0.341 e. The van der Waals surface area contributed by atoms with Crippen LogP contribution in [0.4, 0.5) is 5.00 Å². The van der Waals surface area contributed by atoms with Gasteiger partial charge in [-0.3, -0.25) is 4.79 Å². The molecular formula is C15H22N2O3S. The second-order valence-electron chi connectivity index (χ2n) is 5.51. The van der Waals surface area contributed by atoms with E-state index in [9.17, 15) is 9.59 Å². The standard InChI is InChI=1S/C15H22N2O3S/c1-4-15(3,16)14(19)17-12-11(13(18)20-5-2)9-7-6-8-10(9)21-12/h4-8,16H2,1-3H3,(H,17,19). The molecular weight excluding hydrogens is 288 g/mol. The third kappa shape index (κ3) is 3.11. The van der Waals surface area contributed by atoms with Gasteiger partial charge >= 0.3 is 5.97 Å². The lowest BCUT2D eigenvalue weighted by molar-refractivity contribution is -0.120. The van der Waals surface area contributed by atoms with E-state index in [0.717, 1.165) is 24.8 Å². The van der Waals surface area contributed by atoms with Crippen molar-refractivity contribution in [3.8, 4) is 0 Å². The first-order chi connectivity index (χ1) is 9.90. The number of carbonyl (C=O) groups is 2. The fourth-order valence-corrected chi connectivity index (χ4v) is 3.59. The maximum Gasteiger partial charge on any atom is 0.341 e. The van der Waals surface area contributed by atoms with Gasteiger partial charge < -0.3 is 15.8 Å². The molecule has 0 aliphatic heterocycles.